The van der Waals surface area contributed by atoms with E-state index in [2.05, 4.69) is 25.4 Å². The zero-order valence-electron chi connectivity index (χ0n) is 18.7. The minimum absolute atomic E-state index is 0.0643. The summed E-state index contributed by atoms with van der Waals surface area (Å²) in [6.07, 6.45) is 0. The largest absolute Gasteiger partial charge is 0.465 e. The highest BCUT2D eigenvalue weighted by atomic mass is 16.5. The van der Waals surface area contributed by atoms with E-state index in [-0.39, 0.29) is 12.1 Å². The van der Waals surface area contributed by atoms with Crippen LogP contribution >= 0.6 is 0 Å². The summed E-state index contributed by atoms with van der Waals surface area (Å²) in [6.45, 7) is 5.28. The summed E-state index contributed by atoms with van der Waals surface area (Å²) in [6, 6.07) is 17.8. The number of hydrogen-bond acceptors (Lipinski definition) is 7. The van der Waals surface area contributed by atoms with Gasteiger partial charge in [-0.3, -0.25) is 14.5 Å². The number of pyridine rings is 1. The van der Waals surface area contributed by atoms with Gasteiger partial charge >= 0.3 is 5.97 Å². The highest BCUT2D eigenvalue weighted by molar-refractivity contribution is 5.81. The molecule has 1 N–H and O–H groups in total. The number of aromatic nitrogens is 5. The fraction of sp³-hybridized carbons (Fsp3) is 0.292. The van der Waals surface area contributed by atoms with Crippen LogP contribution in [0.5, 0.6) is 0 Å². The van der Waals surface area contributed by atoms with Gasteiger partial charge in [-0.15, -0.1) is 5.10 Å². The Labute approximate surface area is 191 Å². The molecule has 0 fully saturated rings. The monoisotopic (exact) mass is 446 g/mol. The summed E-state index contributed by atoms with van der Waals surface area (Å²) >= 11 is 0. The van der Waals surface area contributed by atoms with Crippen molar-refractivity contribution in [1.82, 2.24) is 30.1 Å². The average molecular weight is 447 g/mol. The number of aryl methyl sites for hydroxylation is 1. The van der Waals surface area contributed by atoms with Crippen LogP contribution in [0.2, 0.25) is 0 Å². The number of nitrogens with zero attached hydrogens (tertiary/aromatic N) is 5. The minimum Gasteiger partial charge on any atom is -0.465 e. The summed E-state index contributed by atoms with van der Waals surface area (Å²) < 4.78 is 6.45. The fourth-order valence-corrected chi connectivity index (χ4v) is 3.78. The molecule has 33 heavy (non-hydrogen) atoms. The van der Waals surface area contributed by atoms with Crippen LogP contribution in [0.4, 0.5) is 0 Å². The summed E-state index contributed by atoms with van der Waals surface area (Å²) in [5.41, 5.74) is 3.49. The van der Waals surface area contributed by atoms with Crippen molar-refractivity contribution < 1.29 is 9.53 Å². The van der Waals surface area contributed by atoms with Gasteiger partial charge in [0.2, 0.25) is 0 Å². The van der Waals surface area contributed by atoms with Crippen molar-refractivity contribution in [3.05, 3.63) is 87.5 Å². The number of ether oxygens (including phenoxy) is 1. The molecule has 9 heteroatoms. The molecule has 2 aromatic heterocycles. The number of carbonyl (C=O) groups is 1. The first-order chi connectivity index (χ1) is 16.0. The lowest BCUT2D eigenvalue weighted by Crippen LogP contribution is -2.28. The standard InChI is InChI=1S/C24H26N6O3/c1-3-33-22(31)16-30-21(26-27-28-30)15-29(13-18-9-5-4-6-10-18)14-20-12-19-11-7-8-17(2)23(19)25-24(20)32/h4-12H,3,13-16H2,1-2H3,(H,25,32). The zero-order chi connectivity index (χ0) is 23.2. The molecule has 0 saturated heterocycles. The fourth-order valence-electron chi connectivity index (χ4n) is 3.78. The van der Waals surface area contributed by atoms with E-state index in [1.165, 1.54) is 4.68 Å². The number of benzene rings is 2. The molecule has 0 bridgehead atoms. The van der Waals surface area contributed by atoms with Gasteiger partial charge in [-0.2, -0.15) is 0 Å². The van der Waals surface area contributed by atoms with E-state index in [1.807, 2.05) is 61.5 Å². The van der Waals surface area contributed by atoms with Crippen LogP contribution in [-0.2, 0) is 35.7 Å². The normalized spacial score (nSPS) is 11.2. The minimum atomic E-state index is -0.401. The van der Waals surface area contributed by atoms with E-state index >= 15 is 0 Å². The van der Waals surface area contributed by atoms with E-state index in [9.17, 15) is 9.59 Å². The number of carbonyl (C=O) groups excluding carboxylic acids is 1. The summed E-state index contributed by atoms with van der Waals surface area (Å²) in [7, 11) is 0. The third-order valence-corrected chi connectivity index (χ3v) is 5.36. The molecule has 9 nitrogen and oxygen atoms in total. The quantitative estimate of drug-likeness (QED) is 0.394. The first-order valence-electron chi connectivity index (χ1n) is 10.8. The molecule has 4 rings (SSSR count). The van der Waals surface area contributed by atoms with Gasteiger partial charge in [0.1, 0.15) is 6.54 Å². The van der Waals surface area contributed by atoms with Crippen LogP contribution in [-0.4, -0.2) is 42.7 Å². The van der Waals surface area contributed by atoms with Crippen LogP contribution in [0.25, 0.3) is 10.9 Å². The molecule has 2 heterocycles. The Morgan fingerprint density at radius 2 is 1.91 bits per heavy atom. The zero-order valence-corrected chi connectivity index (χ0v) is 18.7. The molecule has 0 unspecified atom stereocenters. The highest BCUT2D eigenvalue weighted by Gasteiger charge is 2.17. The number of hydrogen-bond donors (Lipinski definition) is 1. The van der Waals surface area contributed by atoms with Crippen LogP contribution in [0.15, 0.2) is 59.4 Å². The Balaban J connectivity index is 1.62. The molecule has 4 aromatic rings. The van der Waals surface area contributed by atoms with E-state index < -0.39 is 5.97 Å². The third kappa shape index (κ3) is 5.50. The molecule has 0 amide bonds. The van der Waals surface area contributed by atoms with Gasteiger partial charge in [0, 0.05) is 18.7 Å². The van der Waals surface area contributed by atoms with Crippen LogP contribution in [0.3, 0.4) is 0 Å². The van der Waals surface area contributed by atoms with E-state index in [0.717, 1.165) is 22.0 Å². The summed E-state index contributed by atoms with van der Waals surface area (Å²) in [5.74, 6) is 0.119. The van der Waals surface area contributed by atoms with Crippen molar-refractivity contribution in [2.75, 3.05) is 6.61 Å². The Kier molecular flexibility index (Phi) is 6.89. The predicted molar refractivity (Wildman–Crippen MR) is 123 cm³/mol. The maximum Gasteiger partial charge on any atom is 0.327 e. The molecule has 0 spiro atoms. The highest BCUT2D eigenvalue weighted by Crippen LogP contribution is 2.17. The smallest absolute Gasteiger partial charge is 0.327 e. The third-order valence-electron chi connectivity index (χ3n) is 5.36. The van der Waals surface area contributed by atoms with Gasteiger partial charge in [0.05, 0.1) is 18.7 Å². The second kappa shape index (κ2) is 10.2. The Bertz CT molecular complexity index is 1300. The molecule has 170 valence electrons. The van der Waals surface area contributed by atoms with Gasteiger partial charge in [0.15, 0.2) is 5.82 Å². The molecule has 2 aromatic carbocycles. The van der Waals surface area contributed by atoms with Gasteiger partial charge in [-0.25, -0.2) is 4.68 Å². The lowest BCUT2D eigenvalue weighted by atomic mass is 10.1. The number of H-pyrrole nitrogens is 1. The predicted octanol–water partition coefficient (Wildman–Crippen LogP) is 2.59. The number of tetrazole rings is 1. The van der Waals surface area contributed by atoms with Crippen LogP contribution in [0.1, 0.15) is 29.4 Å². The van der Waals surface area contributed by atoms with Crippen molar-refractivity contribution in [1.29, 1.82) is 0 Å². The van der Waals surface area contributed by atoms with E-state index in [0.29, 0.717) is 37.6 Å². The van der Waals surface area contributed by atoms with Crippen molar-refractivity contribution >= 4 is 16.9 Å². The topological polar surface area (TPSA) is 106 Å². The second-order valence-corrected chi connectivity index (χ2v) is 7.85. The maximum absolute atomic E-state index is 12.9. The molecule has 0 atom stereocenters. The first-order valence-corrected chi connectivity index (χ1v) is 10.8. The maximum atomic E-state index is 12.9. The van der Waals surface area contributed by atoms with E-state index in [1.54, 1.807) is 6.92 Å². The Morgan fingerprint density at radius 1 is 1.09 bits per heavy atom. The number of fused-ring (bicyclic) bond motifs is 1. The number of para-hydroxylation sites is 1. The lowest BCUT2D eigenvalue weighted by Gasteiger charge is -2.22. The second-order valence-electron chi connectivity index (χ2n) is 7.85. The number of nitrogens with one attached hydrogen (secondary N) is 1. The van der Waals surface area contributed by atoms with Crippen LogP contribution in [0, 0.1) is 6.92 Å². The van der Waals surface area contributed by atoms with Gasteiger partial charge in [-0.1, -0.05) is 48.5 Å². The number of aromatic amines is 1. The molecule has 0 aliphatic rings. The van der Waals surface area contributed by atoms with E-state index in [4.69, 9.17) is 4.74 Å². The van der Waals surface area contributed by atoms with Gasteiger partial charge in [-0.05, 0) is 46.9 Å². The molecular formula is C24H26N6O3. The average Bonchev–Trinajstić information content (AvgIpc) is 3.22. The van der Waals surface area contributed by atoms with Crippen molar-refractivity contribution in [2.24, 2.45) is 0 Å². The number of rotatable bonds is 9. The number of esters is 1. The summed E-state index contributed by atoms with van der Waals surface area (Å²) in [5, 5.41) is 12.8. The molecule has 0 saturated carbocycles. The lowest BCUT2D eigenvalue weighted by molar-refractivity contribution is -0.144. The van der Waals surface area contributed by atoms with Gasteiger partial charge in [0.25, 0.3) is 5.56 Å². The van der Waals surface area contributed by atoms with Gasteiger partial charge < -0.3 is 9.72 Å². The summed E-state index contributed by atoms with van der Waals surface area (Å²) in [4.78, 5) is 29.9. The Hall–Kier alpha value is -3.85. The molecule has 0 aliphatic carbocycles. The molecule has 0 aliphatic heterocycles. The SMILES string of the molecule is CCOC(=O)Cn1nnnc1CN(Cc1ccccc1)Cc1cc2cccc(C)c2[nH]c1=O. The van der Waals surface area contributed by atoms with Crippen molar-refractivity contribution in [2.45, 2.75) is 40.0 Å². The molecule has 0 radical (unpaired) electrons. The van der Waals surface area contributed by atoms with Crippen molar-refractivity contribution in [3.8, 4) is 0 Å². The first kappa shape index (κ1) is 22.3. The van der Waals surface area contributed by atoms with Crippen molar-refractivity contribution in [3.63, 3.8) is 0 Å². The molecular weight excluding hydrogens is 420 g/mol. The van der Waals surface area contributed by atoms with Crippen LogP contribution < -0.4 is 5.56 Å². The Morgan fingerprint density at radius 3 is 2.70 bits per heavy atom.